The van der Waals surface area contributed by atoms with Gasteiger partial charge in [0.2, 0.25) is 5.91 Å². The molecule has 114 valence electrons. The molecule has 0 aromatic heterocycles. The van der Waals surface area contributed by atoms with E-state index in [1.54, 1.807) is 6.92 Å². The van der Waals surface area contributed by atoms with Crippen molar-refractivity contribution in [3.05, 3.63) is 25.1 Å². The number of quaternary nitrogens is 1. The second-order valence-corrected chi connectivity index (χ2v) is 5.61. The number of amides is 1. The highest BCUT2D eigenvalue weighted by molar-refractivity contribution is 5.72. The Labute approximate surface area is 123 Å². The zero-order valence-electron chi connectivity index (χ0n) is 13.2. The Morgan fingerprint density at radius 2 is 2.25 bits per heavy atom. The van der Waals surface area contributed by atoms with Gasteiger partial charge in [-0.2, -0.15) is 0 Å². The Morgan fingerprint density at radius 3 is 2.85 bits per heavy atom. The molecular weight excluding hydrogens is 250 g/mol. The van der Waals surface area contributed by atoms with Crippen molar-refractivity contribution < 1.29 is 9.28 Å². The third-order valence-electron chi connectivity index (χ3n) is 4.29. The molecule has 0 radical (unpaired) electrons. The molecule has 0 bridgehead atoms. The normalized spacial score (nSPS) is 26.1. The predicted octanol–water partition coefficient (Wildman–Crippen LogP) is 2.84. The van der Waals surface area contributed by atoms with E-state index in [9.17, 15) is 4.79 Å². The van der Waals surface area contributed by atoms with Gasteiger partial charge >= 0.3 is 0 Å². The molecule has 1 rings (SSSR count). The highest BCUT2D eigenvalue weighted by Crippen LogP contribution is 2.25. The van der Waals surface area contributed by atoms with Crippen molar-refractivity contribution in [1.29, 1.82) is 0 Å². The Morgan fingerprint density at radius 1 is 1.50 bits per heavy atom. The molecule has 2 N–H and O–H groups in total. The Kier molecular flexibility index (Phi) is 6.79. The number of carbonyl (C=O) groups excluding carboxylic acids is 1. The first-order valence-electron chi connectivity index (χ1n) is 7.75. The maximum Gasteiger partial charge on any atom is 0.221 e. The molecule has 1 amide bonds. The lowest BCUT2D eigenvalue weighted by atomic mass is 10.1. The summed E-state index contributed by atoms with van der Waals surface area (Å²) in [6.45, 7) is 10.6. The van der Waals surface area contributed by atoms with Gasteiger partial charge in [-0.1, -0.05) is 12.5 Å². The highest BCUT2D eigenvalue weighted by Gasteiger charge is 2.41. The van der Waals surface area contributed by atoms with Gasteiger partial charge < -0.3 is 10.6 Å². The van der Waals surface area contributed by atoms with Crippen molar-refractivity contribution in [2.75, 3.05) is 6.54 Å². The van der Waals surface area contributed by atoms with Crippen LogP contribution in [0.15, 0.2) is 25.1 Å². The first kappa shape index (κ1) is 16.8. The number of carbonyl (C=O) groups is 1. The van der Waals surface area contributed by atoms with E-state index >= 15 is 0 Å². The maximum absolute atomic E-state index is 11.3. The quantitative estimate of drug-likeness (QED) is 0.387. The van der Waals surface area contributed by atoms with E-state index in [-0.39, 0.29) is 12.1 Å². The van der Waals surface area contributed by atoms with E-state index in [1.165, 1.54) is 19.3 Å². The van der Waals surface area contributed by atoms with Gasteiger partial charge in [-0.15, -0.1) is 6.58 Å². The van der Waals surface area contributed by atoms with E-state index in [4.69, 9.17) is 0 Å². The van der Waals surface area contributed by atoms with Gasteiger partial charge in [-0.25, -0.2) is 0 Å². The molecule has 0 saturated carbocycles. The lowest BCUT2D eigenvalue weighted by molar-refractivity contribution is -0.923. The number of allylic oxidation sites excluding steroid dienone is 1. The summed E-state index contributed by atoms with van der Waals surface area (Å²) >= 11 is 0. The van der Waals surface area contributed by atoms with Gasteiger partial charge in [0.15, 0.2) is 12.3 Å². The third kappa shape index (κ3) is 4.10. The number of rotatable bonds is 9. The van der Waals surface area contributed by atoms with Gasteiger partial charge in [-0.3, -0.25) is 9.28 Å². The SMILES string of the molecule is C=CCCCCCC1NC=C[N+]1(CC)C(C)NC(C)=O. The van der Waals surface area contributed by atoms with Crippen molar-refractivity contribution in [2.24, 2.45) is 0 Å². The van der Waals surface area contributed by atoms with Crippen LogP contribution in [0.2, 0.25) is 0 Å². The first-order chi connectivity index (χ1) is 9.56. The molecule has 0 saturated heterocycles. The van der Waals surface area contributed by atoms with Crippen molar-refractivity contribution in [3.8, 4) is 0 Å². The first-order valence-corrected chi connectivity index (χ1v) is 7.75. The fourth-order valence-corrected chi connectivity index (χ4v) is 3.08. The lowest BCUT2D eigenvalue weighted by Gasteiger charge is -2.41. The minimum atomic E-state index is 0.0356. The molecule has 4 heteroatoms. The summed E-state index contributed by atoms with van der Waals surface area (Å²) in [5.74, 6) is 0.0356. The van der Waals surface area contributed by atoms with Gasteiger partial charge in [0.05, 0.1) is 12.7 Å². The topological polar surface area (TPSA) is 41.1 Å². The summed E-state index contributed by atoms with van der Waals surface area (Å²) in [6.07, 6.45) is 12.6. The number of hydrogen-bond acceptors (Lipinski definition) is 2. The predicted molar refractivity (Wildman–Crippen MR) is 83.4 cm³/mol. The average Bonchev–Trinajstić information content (AvgIpc) is 2.82. The van der Waals surface area contributed by atoms with Gasteiger partial charge in [0.25, 0.3) is 0 Å². The van der Waals surface area contributed by atoms with Crippen LogP contribution in [0.4, 0.5) is 0 Å². The molecule has 0 aromatic rings. The summed E-state index contributed by atoms with van der Waals surface area (Å²) in [4.78, 5) is 11.3. The van der Waals surface area contributed by atoms with Crippen LogP contribution in [0.5, 0.6) is 0 Å². The van der Waals surface area contributed by atoms with Crippen molar-refractivity contribution in [1.82, 2.24) is 10.6 Å². The molecule has 0 aliphatic carbocycles. The molecule has 1 heterocycles. The van der Waals surface area contributed by atoms with Gasteiger partial charge in [0, 0.05) is 20.3 Å². The minimum absolute atomic E-state index is 0.0356. The molecular formula is C16H30N3O+. The molecule has 20 heavy (non-hydrogen) atoms. The monoisotopic (exact) mass is 280 g/mol. The Hall–Kier alpha value is -1.29. The average molecular weight is 280 g/mol. The maximum atomic E-state index is 11.3. The largest absolute Gasteiger partial charge is 0.338 e. The van der Waals surface area contributed by atoms with Crippen LogP contribution in [-0.2, 0) is 4.79 Å². The molecule has 0 aromatic carbocycles. The van der Waals surface area contributed by atoms with E-state index in [0.29, 0.717) is 6.17 Å². The summed E-state index contributed by atoms with van der Waals surface area (Å²) in [5.41, 5.74) is 0. The number of unbranched alkanes of at least 4 members (excludes halogenated alkanes) is 3. The van der Waals surface area contributed by atoms with Gasteiger partial charge in [-0.05, 0) is 26.2 Å². The summed E-state index contributed by atoms with van der Waals surface area (Å²) in [7, 11) is 0. The lowest BCUT2D eigenvalue weighted by Crippen LogP contribution is -2.62. The van der Waals surface area contributed by atoms with Crippen LogP contribution in [0.25, 0.3) is 0 Å². The van der Waals surface area contributed by atoms with Crippen LogP contribution in [-0.4, -0.2) is 29.3 Å². The van der Waals surface area contributed by atoms with Crippen molar-refractivity contribution >= 4 is 5.91 Å². The van der Waals surface area contributed by atoms with E-state index in [2.05, 4.69) is 37.3 Å². The van der Waals surface area contributed by atoms with Crippen molar-refractivity contribution in [3.63, 3.8) is 0 Å². The molecule has 1 aliphatic rings. The standard InChI is InChI=1S/C16H29N3O/c1-5-7-8-9-10-11-16-17-12-13-19(16,6-2)14(3)18-15(4)20/h5,12-14,16-17H,1,6-11H2,2-4H3/p+1. The molecule has 3 atom stereocenters. The number of hydrogen-bond donors (Lipinski definition) is 2. The molecule has 3 unspecified atom stereocenters. The summed E-state index contributed by atoms with van der Waals surface area (Å²) in [6, 6.07) is 0. The van der Waals surface area contributed by atoms with Gasteiger partial charge in [0.1, 0.15) is 6.20 Å². The zero-order valence-corrected chi connectivity index (χ0v) is 13.2. The smallest absolute Gasteiger partial charge is 0.221 e. The van der Waals surface area contributed by atoms with Crippen LogP contribution < -0.4 is 10.6 Å². The number of nitrogens with zero attached hydrogens (tertiary/aromatic N) is 1. The second-order valence-electron chi connectivity index (χ2n) is 5.61. The Bertz CT molecular complexity index is 354. The molecule has 1 aliphatic heterocycles. The fourth-order valence-electron chi connectivity index (χ4n) is 3.08. The van der Waals surface area contributed by atoms with E-state index in [0.717, 1.165) is 23.9 Å². The third-order valence-corrected chi connectivity index (χ3v) is 4.29. The zero-order chi connectivity index (χ0) is 15.0. The van der Waals surface area contributed by atoms with Crippen molar-refractivity contribution in [2.45, 2.75) is 65.2 Å². The fraction of sp³-hybridized carbons (Fsp3) is 0.688. The molecule has 0 fully saturated rings. The van der Waals surface area contributed by atoms with E-state index < -0.39 is 0 Å². The van der Waals surface area contributed by atoms with Crippen LogP contribution in [0.3, 0.4) is 0 Å². The van der Waals surface area contributed by atoms with Crippen LogP contribution >= 0.6 is 0 Å². The van der Waals surface area contributed by atoms with Crippen LogP contribution in [0, 0.1) is 0 Å². The molecule has 4 nitrogen and oxygen atoms in total. The minimum Gasteiger partial charge on any atom is -0.338 e. The Balaban J connectivity index is 2.56. The number of nitrogens with one attached hydrogen (secondary N) is 2. The van der Waals surface area contributed by atoms with E-state index in [1.807, 2.05) is 12.3 Å². The highest BCUT2D eigenvalue weighted by atomic mass is 16.1. The molecule has 0 spiro atoms. The van der Waals surface area contributed by atoms with Crippen LogP contribution in [0.1, 0.15) is 52.9 Å². The summed E-state index contributed by atoms with van der Waals surface area (Å²) < 4.78 is 0.793. The second kappa shape index (κ2) is 8.10. The summed E-state index contributed by atoms with van der Waals surface area (Å²) in [5, 5.41) is 6.51.